The minimum atomic E-state index is -1.15. The summed E-state index contributed by atoms with van der Waals surface area (Å²) in [6.07, 6.45) is 9.05. The maximum absolute atomic E-state index is 13.5. The van der Waals surface area contributed by atoms with Gasteiger partial charge in [-0.1, -0.05) is 12.1 Å². The number of aliphatic carboxylic acids is 1. The van der Waals surface area contributed by atoms with Crippen LogP contribution in [-0.2, 0) is 19.8 Å². The number of imide groups is 2. The van der Waals surface area contributed by atoms with Crippen LogP contribution in [0, 0.1) is 17.8 Å². The summed E-state index contributed by atoms with van der Waals surface area (Å²) >= 11 is 3.36. The fourth-order valence-corrected chi connectivity index (χ4v) is 8.27. The first-order valence-electron chi connectivity index (χ1n) is 14.0. The Morgan fingerprint density at radius 2 is 1.68 bits per heavy atom. The molecule has 7 rings (SSSR count). The number of anilines is 1. The van der Waals surface area contributed by atoms with E-state index in [9.17, 15) is 19.2 Å². The lowest BCUT2D eigenvalue weighted by Gasteiger charge is -2.57. The number of carboxylic acids is 1. The van der Waals surface area contributed by atoms with Crippen molar-refractivity contribution in [3.63, 3.8) is 0 Å². The van der Waals surface area contributed by atoms with E-state index in [4.69, 9.17) is 14.6 Å². The Hall–Kier alpha value is -3.66. The number of carbonyl (C=O) groups is 4. The summed E-state index contributed by atoms with van der Waals surface area (Å²) < 4.78 is 11.3. The number of ether oxygens (including phenoxy) is 2. The van der Waals surface area contributed by atoms with Crippen LogP contribution >= 0.6 is 15.9 Å². The molecule has 9 nitrogen and oxygen atoms in total. The predicted octanol–water partition coefficient (Wildman–Crippen LogP) is 5.45. The van der Waals surface area contributed by atoms with E-state index in [1.165, 1.54) is 50.2 Å². The van der Waals surface area contributed by atoms with E-state index in [1.807, 2.05) is 12.1 Å². The molecule has 5 aliphatic rings. The van der Waals surface area contributed by atoms with Gasteiger partial charge in [0, 0.05) is 0 Å². The van der Waals surface area contributed by atoms with Crippen molar-refractivity contribution in [3.8, 4) is 11.5 Å². The van der Waals surface area contributed by atoms with E-state index in [-0.39, 0.29) is 29.1 Å². The molecule has 0 unspecified atom stereocenters. The van der Waals surface area contributed by atoms with Gasteiger partial charge < -0.3 is 14.6 Å². The fourth-order valence-electron chi connectivity index (χ4n) is 7.70. The number of halogens is 1. The number of urea groups is 1. The average molecular weight is 624 g/mol. The molecule has 2 aromatic carbocycles. The summed E-state index contributed by atoms with van der Waals surface area (Å²) in [6, 6.07) is 10.0. The maximum Gasteiger partial charge on any atom is 0.341 e. The smallest absolute Gasteiger partial charge is 0.341 e. The van der Waals surface area contributed by atoms with E-state index in [0.717, 1.165) is 22.7 Å². The molecule has 1 heterocycles. The topological polar surface area (TPSA) is 122 Å². The molecule has 0 aromatic heterocycles. The van der Waals surface area contributed by atoms with Crippen LogP contribution in [-0.4, -0.2) is 42.1 Å². The summed E-state index contributed by atoms with van der Waals surface area (Å²) in [6.45, 7) is 1.46. The highest BCUT2D eigenvalue weighted by molar-refractivity contribution is 9.10. The minimum absolute atomic E-state index is 0.187. The van der Waals surface area contributed by atoms with E-state index >= 15 is 0 Å². The van der Waals surface area contributed by atoms with E-state index in [0.29, 0.717) is 15.7 Å². The number of carbonyl (C=O) groups excluding carboxylic acids is 3. The molecule has 4 saturated carbocycles. The Balaban J connectivity index is 1.27. The lowest BCUT2D eigenvalue weighted by Crippen LogP contribution is -2.54. The SMILES string of the molecule is CCOc1cc(/C=C2\C(=O)NC(=O)N(c3ccc(C45CC6CC(CC(C6)C4)C5)cc3)C2=O)cc(Br)c1OCC(=O)O. The molecule has 0 radical (unpaired) electrons. The first kappa shape index (κ1) is 27.5. The largest absolute Gasteiger partial charge is 0.490 e. The first-order chi connectivity index (χ1) is 19.7. The third kappa shape index (κ3) is 5.14. The standard InChI is InChI=1S/C31H31BrN2O7/c1-2-40-25-12-17(11-24(32)27(25)41-16-26(35)36)10-23-28(37)33-30(39)34(29(23)38)22-5-3-21(4-6-22)31-13-18-7-19(14-31)9-20(8-18)15-31/h3-6,10-12,18-20H,2,7-9,13-16H2,1H3,(H,35,36)(H,33,37,39)/b23-10+. The van der Waals surface area contributed by atoms with Crippen LogP contribution in [0.25, 0.3) is 6.08 Å². The van der Waals surface area contributed by atoms with Crippen LogP contribution in [0.3, 0.4) is 0 Å². The first-order valence-corrected chi connectivity index (χ1v) is 14.8. The maximum atomic E-state index is 13.5. The van der Waals surface area contributed by atoms with Crippen molar-refractivity contribution in [2.24, 2.45) is 17.8 Å². The summed E-state index contributed by atoms with van der Waals surface area (Å²) in [5, 5.41) is 11.3. The lowest BCUT2D eigenvalue weighted by molar-refractivity contribution is -0.139. The van der Waals surface area contributed by atoms with Gasteiger partial charge in [-0.3, -0.25) is 14.9 Å². The average Bonchev–Trinajstić information content (AvgIpc) is 2.90. The molecule has 2 aromatic rings. The Kier molecular flexibility index (Phi) is 7.13. The molecule has 0 spiro atoms. The van der Waals surface area contributed by atoms with E-state index < -0.39 is 30.4 Å². The highest BCUT2D eigenvalue weighted by Gasteiger charge is 2.51. The van der Waals surface area contributed by atoms with Gasteiger partial charge in [0.05, 0.1) is 16.8 Å². The molecule has 10 heteroatoms. The molecule has 1 saturated heterocycles. The Morgan fingerprint density at radius 1 is 1.05 bits per heavy atom. The molecule has 4 amide bonds. The van der Waals surface area contributed by atoms with Crippen LogP contribution < -0.4 is 19.7 Å². The number of hydrogen-bond acceptors (Lipinski definition) is 6. The van der Waals surface area contributed by atoms with E-state index in [1.54, 1.807) is 31.2 Å². The number of nitrogens with one attached hydrogen (secondary N) is 1. The van der Waals surface area contributed by atoms with Crippen molar-refractivity contribution in [2.45, 2.75) is 50.9 Å². The molecule has 5 fully saturated rings. The highest BCUT2D eigenvalue weighted by Crippen LogP contribution is 2.60. The van der Waals surface area contributed by atoms with Crippen molar-refractivity contribution in [3.05, 3.63) is 57.6 Å². The molecular weight excluding hydrogens is 592 g/mol. The molecule has 4 aliphatic carbocycles. The molecule has 0 atom stereocenters. The lowest BCUT2D eigenvalue weighted by atomic mass is 9.48. The number of benzene rings is 2. The Bertz CT molecular complexity index is 1430. The van der Waals surface area contributed by atoms with Gasteiger partial charge in [-0.2, -0.15) is 0 Å². The Morgan fingerprint density at radius 3 is 2.27 bits per heavy atom. The van der Waals surface area contributed by atoms with Gasteiger partial charge in [0.2, 0.25) is 0 Å². The summed E-state index contributed by atoms with van der Waals surface area (Å²) in [7, 11) is 0. The molecule has 1 aliphatic heterocycles. The summed E-state index contributed by atoms with van der Waals surface area (Å²) in [5.41, 5.74) is 2.06. The summed E-state index contributed by atoms with van der Waals surface area (Å²) in [4.78, 5) is 51.1. The zero-order chi connectivity index (χ0) is 28.9. The number of nitrogens with zero attached hydrogens (tertiary/aromatic N) is 1. The predicted molar refractivity (Wildman–Crippen MR) is 154 cm³/mol. The summed E-state index contributed by atoms with van der Waals surface area (Å²) in [5.74, 6) is 0.146. The zero-order valence-corrected chi connectivity index (χ0v) is 24.2. The molecule has 2 N–H and O–H groups in total. The van der Waals surface area contributed by atoms with Gasteiger partial charge >= 0.3 is 12.0 Å². The van der Waals surface area contributed by atoms with Crippen molar-refractivity contribution in [1.29, 1.82) is 0 Å². The van der Waals surface area contributed by atoms with Gasteiger partial charge in [-0.25, -0.2) is 14.5 Å². The van der Waals surface area contributed by atoms with Crippen LogP contribution in [0.2, 0.25) is 0 Å². The second-order valence-electron chi connectivity index (χ2n) is 11.6. The quantitative estimate of drug-likeness (QED) is 0.297. The molecular formula is C31H31BrN2O7. The van der Waals surface area contributed by atoms with Crippen LogP contribution in [0.4, 0.5) is 10.5 Å². The van der Waals surface area contributed by atoms with Gasteiger partial charge in [0.15, 0.2) is 18.1 Å². The minimum Gasteiger partial charge on any atom is -0.490 e. The van der Waals surface area contributed by atoms with Crippen molar-refractivity contribution < 1.29 is 33.8 Å². The number of amides is 4. The van der Waals surface area contributed by atoms with Gasteiger partial charge in [-0.05, 0) is 126 Å². The molecule has 4 bridgehead atoms. The monoisotopic (exact) mass is 622 g/mol. The number of carboxylic acid groups (broad SMARTS) is 1. The third-order valence-corrected chi connectivity index (χ3v) is 9.45. The molecule has 214 valence electrons. The van der Waals surface area contributed by atoms with Gasteiger partial charge in [0.25, 0.3) is 11.8 Å². The molecule has 41 heavy (non-hydrogen) atoms. The number of barbiturate groups is 1. The van der Waals surface area contributed by atoms with Crippen molar-refractivity contribution in [1.82, 2.24) is 5.32 Å². The van der Waals surface area contributed by atoms with Crippen molar-refractivity contribution >= 4 is 51.5 Å². The highest BCUT2D eigenvalue weighted by atomic mass is 79.9. The normalized spacial score (nSPS) is 27.8. The van der Waals surface area contributed by atoms with Crippen LogP contribution in [0.5, 0.6) is 11.5 Å². The number of rotatable bonds is 8. The second kappa shape index (κ2) is 10.6. The van der Waals surface area contributed by atoms with Gasteiger partial charge in [0.1, 0.15) is 5.57 Å². The zero-order valence-electron chi connectivity index (χ0n) is 22.7. The van der Waals surface area contributed by atoms with Gasteiger partial charge in [-0.15, -0.1) is 0 Å². The van der Waals surface area contributed by atoms with Crippen molar-refractivity contribution in [2.75, 3.05) is 18.1 Å². The third-order valence-electron chi connectivity index (χ3n) is 8.86. The number of hydrogen-bond donors (Lipinski definition) is 2. The van der Waals surface area contributed by atoms with E-state index in [2.05, 4.69) is 21.2 Å². The Labute approximate surface area is 246 Å². The fraction of sp³-hybridized carbons (Fsp3) is 0.419. The van der Waals surface area contributed by atoms with Crippen LogP contribution in [0.15, 0.2) is 46.4 Å². The second-order valence-corrected chi connectivity index (χ2v) is 12.5. The van der Waals surface area contributed by atoms with Crippen LogP contribution in [0.1, 0.15) is 56.6 Å².